The zero-order valence-corrected chi connectivity index (χ0v) is 20.3. The number of fused-ring (bicyclic) bond motifs is 2. The number of piperazine rings is 1. The third-order valence-electron chi connectivity index (χ3n) is 6.80. The van der Waals surface area contributed by atoms with E-state index in [1.807, 2.05) is 12.1 Å². The second-order valence-electron chi connectivity index (χ2n) is 8.99. The van der Waals surface area contributed by atoms with Crippen molar-refractivity contribution in [3.05, 3.63) is 47.5 Å². The average molecular weight is 483 g/mol. The number of halogens is 1. The van der Waals surface area contributed by atoms with Crippen molar-refractivity contribution in [3.63, 3.8) is 0 Å². The van der Waals surface area contributed by atoms with Crippen molar-refractivity contribution >= 4 is 21.9 Å². The SMILES string of the molecule is COc1cc2onc(CCCN3CCN(CCCc4noc5cc(F)ccc45)CC3)c2cc1OC. The highest BCUT2D eigenvalue weighted by Gasteiger charge is 2.18. The van der Waals surface area contributed by atoms with E-state index in [2.05, 4.69) is 20.1 Å². The summed E-state index contributed by atoms with van der Waals surface area (Å²) in [6.07, 6.45) is 3.72. The van der Waals surface area contributed by atoms with E-state index in [0.717, 1.165) is 92.7 Å². The maximum atomic E-state index is 13.3. The van der Waals surface area contributed by atoms with Crippen molar-refractivity contribution < 1.29 is 22.9 Å². The third kappa shape index (κ3) is 5.26. The van der Waals surface area contributed by atoms with Gasteiger partial charge < -0.3 is 28.3 Å². The van der Waals surface area contributed by atoms with Crippen molar-refractivity contribution in [2.24, 2.45) is 0 Å². The van der Waals surface area contributed by atoms with Gasteiger partial charge in [-0.3, -0.25) is 0 Å². The van der Waals surface area contributed by atoms with Crippen LogP contribution >= 0.6 is 0 Å². The lowest BCUT2D eigenvalue weighted by Crippen LogP contribution is -2.46. The van der Waals surface area contributed by atoms with E-state index in [9.17, 15) is 4.39 Å². The lowest BCUT2D eigenvalue weighted by atomic mass is 10.1. The molecule has 1 aliphatic heterocycles. The molecule has 186 valence electrons. The lowest BCUT2D eigenvalue weighted by molar-refractivity contribution is 0.130. The van der Waals surface area contributed by atoms with Crippen molar-refractivity contribution in [1.82, 2.24) is 20.1 Å². The van der Waals surface area contributed by atoms with E-state index >= 15 is 0 Å². The van der Waals surface area contributed by atoms with Crippen LogP contribution in [0.4, 0.5) is 4.39 Å². The monoisotopic (exact) mass is 482 g/mol. The molecule has 0 spiro atoms. The molecule has 9 heteroatoms. The summed E-state index contributed by atoms with van der Waals surface area (Å²) in [6, 6.07) is 8.38. The van der Waals surface area contributed by atoms with Gasteiger partial charge in [-0.05, 0) is 57.0 Å². The quantitative estimate of drug-likeness (QED) is 0.331. The van der Waals surface area contributed by atoms with Crippen LogP contribution in [0, 0.1) is 5.82 Å². The first-order valence-electron chi connectivity index (χ1n) is 12.1. The summed E-state index contributed by atoms with van der Waals surface area (Å²) >= 11 is 0. The first kappa shape index (κ1) is 23.6. The fraction of sp³-hybridized carbons (Fsp3) is 0.462. The molecule has 1 fully saturated rings. The summed E-state index contributed by atoms with van der Waals surface area (Å²) in [7, 11) is 3.25. The van der Waals surface area contributed by atoms with Crippen LogP contribution in [0.25, 0.3) is 21.9 Å². The largest absolute Gasteiger partial charge is 0.493 e. The molecule has 5 rings (SSSR count). The molecule has 2 aromatic heterocycles. The molecule has 2 aromatic carbocycles. The molecule has 0 N–H and O–H groups in total. The summed E-state index contributed by atoms with van der Waals surface area (Å²) in [5.41, 5.74) is 3.11. The van der Waals surface area contributed by atoms with E-state index in [1.54, 1.807) is 20.3 Å². The fourth-order valence-corrected chi connectivity index (χ4v) is 4.82. The minimum atomic E-state index is -0.298. The van der Waals surface area contributed by atoms with Gasteiger partial charge in [-0.15, -0.1) is 0 Å². The van der Waals surface area contributed by atoms with Crippen LogP contribution in [0.3, 0.4) is 0 Å². The predicted molar refractivity (Wildman–Crippen MR) is 131 cm³/mol. The van der Waals surface area contributed by atoms with Gasteiger partial charge in [0, 0.05) is 49.1 Å². The van der Waals surface area contributed by atoms with E-state index in [4.69, 9.17) is 18.5 Å². The van der Waals surface area contributed by atoms with Gasteiger partial charge in [-0.2, -0.15) is 0 Å². The van der Waals surface area contributed by atoms with Gasteiger partial charge in [0.1, 0.15) is 5.82 Å². The van der Waals surface area contributed by atoms with E-state index < -0.39 is 0 Å². The van der Waals surface area contributed by atoms with E-state index in [-0.39, 0.29) is 5.82 Å². The Bertz CT molecular complexity index is 1280. The van der Waals surface area contributed by atoms with Gasteiger partial charge in [-0.25, -0.2) is 4.39 Å². The summed E-state index contributed by atoms with van der Waals surface area (Å²) in [6.45, 7) is 6.33. The Kier molecular flexibility index (Phi) is 7.15. The Labute approximate surface area is 203 Å². The fourth-order valence-electron chi connectivity index (χ4n) is 4.82. The van der Waals surface area contributed by atoms with Crippen LogP contribution in [0.15, 0.2) is 39.4 Å². The molecule has 1 aliphatic rings. The molecular formula is C26H31FN4O4. The molecule has 0 radical (unpaired) electrons. The Morgan fingerprint density at radius 3 is 1.91 bits per heavy atom. The van der Waals surface area contributed by atoms with Gasteiger partial charge in [0.2, 0.25) is 0 Å². The molecule has 0 atom stereocenters. The Hall–Kier alpha value is -3.17. The first-order valence-corrected chi connectivity index (χ1v) is 12.1. The molecule has 4 aromatic rings. The van der Waals surface area contributed by atoms with Gasteiger partial charge in [0.05, 0.1) is 25.6 Å². The molecular weight excluding hydrogens is 451 g/mol. The Balaban J connectivity index is 1.04. The zero-order chi connectivity index (χ0) is 24.2. The number of hydrogen-bond acceptors (Lipinski definition) is 8. The first-order chi connectivity index (χ1) is 17.1. The maximum Gasteiger partial charge on any atom is 0.171 e. The second-order valence-corrected chi connectivity index (χ2v) is 8.99. The van der Waals surface area contributed by atoms with Crippen molar-refractivity contribution in [2.75, 3.05) is 53.5 Å². The van der Waals surface area contributed by atoms with Gasteiger partial charge in [0.25, 0.3) is 0 Å². The number of hydrogen-bond donors (Lipinski definition) is 0. The zero-order valence-electron chi connectivity index (χ0n) is 20.3. The minimum absolute atomic E-state index is 0.298. The molecule has 0 amide bonds. The lowest BCUT2D eigenvalue weighted by Gasteiger charge is -2.34. The van der Waals surface area contributed by atoms with Crippen LogP contribution in [0.5, 0.6) is 11.5 Å². The predicted octanol–water partition coefficient (Wildman–Crippen LogP) is 4.31. The molecule has 0 unspecified atom stereocenters. The van der Waals surface area contributed by atoms with Crippen LogP contribution in [0.1, 0.15) is 24.2 Å². The highest BCUT2D eigenvalue weighted by molar-refractivity contribution is 5.83. The van der Waals surface area contributed by atoms with Gasteiger partial charge >= 0.3 is 0 Å². The topological polar surface area (TPSA) is 77.0 Å². The number of rotatable bonds is 10. The smallest absolute Gasteiger partial charge is 0.171 e. The molecule has 35 heavy (non-hydrogen) atoms. The number of aromatic nitrogens is 2. The number of ether oxygens (including phenoxy) is 2. The summed E-state index contributed by atoms with van der Waals surface area (Å²) in [4.78, 5) is 5.02. The summed E-state index contributed by atoms with van der Waals surface area (Å²) in [5, 5.41) is 10.3. The summed E-state index contributed by atoms with van der Waals surface area (Å²) in [5.74, 6) is 1.03. The molecule has 1 saturated heterocycles. The summed E-state index contributed by atoms with van der Waals surface area (Å²) < 4.78 is 34.9. The minimum Gasteiger partial charge on any atom is -0.493 e. The molecule has 0 saturated carbocycles. The van der Waals surface area contributed by atoms with Crippen molar-refractivity contribution in [2.45, 2.75) is 25.7 Å². The standard InChI is InChI=1S/C26H31FN4O4/c1-32-25-16-20-22(29-35-24(20)17-26(25)33-2)6-4-10-31-13-11-30(12-14-31)9-3-5-21-19-8-7-18(27)15-23(19)34-28-21/h7-8,15-17H,3-6,9-14H2,1-2H3. The molecule has 8 nitrogen and oxygen atoms in total. The van der Waals surface area contributed by atoms with Crippen molar-refractivity contribution in [3.8, 4) is 11.5 Å². The number of benzene rings is 2. The maximum absolute atomic E-state index is 13.3. The van der Waals surface area contributed by atoms with Crippen LogP contribution < -0.4 is 9.47 Å². The number of methoxy groups -OCH3 is 2. The number of aryl methyl sites for hydroxylation is 2. The van der Waals surface area contributed by atoms with Crippen LogP contribution in [-0.4, -0.2) is 73.6 Å². The van der Waals surface area contributed by atoms with Crippen molar-refractivity contribution in [1.29, 1.82) is 0 Å². The Morgan fingerprint density at radius 1 is 0.771 bits per heavy atom. The average Bonchev–Trinajstić information content (AvgIpc) is 3.47. The Morgan fingerprint density at radius 2 is 1.31 bits per heavy atom. The van der Waals surface area contributed by atoms with Crippen LogP contribution in [0.2, 0.25) is 0 Å². The van der Waals surface area contributed by atoms with E-state index in [0.29, 0.717) is 17.1 Å². The normalized spacial score (nSPS) is 15.3. The highest BCUT2D eigenvalue weighted by atomic mass is 19.1. The van der Waals surface area contributed by atoms with E-state index in [1.165, 1.54) is 12.1 Å². The number of nitrogens with zero attached hydrogens (tertiary/aromatic N) is 4. The third-order valence-corrected chi connectivity index (χ3v) is 6.80. The van der Waals surface area contributed by atoms with Gasteiger partial charge in [0.15, 0.2) is 22.7 Å². The van der Waals surface area contributed by atoms with Crippen LogP contribution in [-0.2, 0) is 12.8 Å². The molecule has 3 heterocycles. The second kappa shape index (κ2) is 10.6. The highest BCUT2D eigenvalue weighted by Crippen LogP contribution is 2.34. The molecule has 0 bridgehead atoms. The molecule has 0 aliphatic carbocycles. The van der Waals surface area contributed by atoms with Gasteiger partial charge in [-0.1, -0.05) is 10.3 Å².